The van der Waals surface area contributed by atoms with Crippen LogP contribution in [0.5, 0.6) is 0 Å². The maximum absolute atomic E-state index is 11.8. The highest BCUT2D eigenvalue weighted by molar-refractivity contribution is 9.09. The molecule has 4 heteroatoms. The zero-order valence-corrected chi connectivity index (χ0v) is 12.5. The second-order valence-electron chi connectivity index (χ2n) is 4.77. The van der Waals surface area contributed by atoms with Crippen LogP contribution in [0.2, 0.25) is 0 Å². The first kappa shape index (κ1) is 15.0. The van der Waals surface area contributed by atoms with Gasteiger partial charge >= 0.3 is 0 Å². The van der Waals surface area contributed by atoms with Crippen LogP contribution >= 0.6 is 15.9 Å². The van der Waals surface area contributed by atoms with Crippen molar-refractivity contribution in [2.45, 2.75) is 58.1 Å². The number of hydrogen-bond acceptors (Lipinski definition) is 2. The van der Waals surface area contributed by atoms with Gasteiger partial charge in [0.1, 0.15) is 0 Å². The Balaban J connectivity index is 2.13. The number of nitrogens with one attached hydrogen (secondary N) is 1. The number of hydrogen-bond donors (Lipinski definition) is 1. The summed E-state index contributed by atoms with van der Waals surface area (Å²) in [6, 6.07) is 0.324. The summed E-state index contributed by atoms with van der Waals surface area (Å²) >= 11 is 3.41. The molecule has 1 N–H and O–H groups in total. The van der Waals surface area contributed by atoms with Gasteiger partial charge in [-0.2, -0.15) is 0 Å². The third-order valence-electron chi connectivity index (χ3n) is 3.38. The molecule has 1 unspecified atom stereocenters. The minimum Gasteiger partial charge on any atom is -0.378 e. The number of rotatable bonds is 8. The highest BCUT2D eigenvalue weighted by atomic mass is 79.9. The summed E-state index contributed by atoms with van der Waals surface area (Å²) in [5, 5.41) is 4.05. The molecule has 3 nitrogen and oxygen atoms in total. The van der Waals surface area contributed by atoms with Gasteiger partial charge in [-0.1, -0.05) is 22.9 Å². The van der Waals surface area contributed by atoms with Crippen LogP contribution in [0.1, 0.15) is 46.0 Å². The molecule has 0 spiro atoms. The number of carbonyl (C=O) groups excluding carboxylic acids is 1. The second kappa shape index (κ2) is 8.09. The van der Waals surface area contributed by atoms with Crippen LogP contribution in [0.3, 0.4) is 0 Å². The van der Waals surface area contributed by atoms with Crippen molar-refractivity contribution >= 4 is 21.8 Å². The van der Waals surface area contributed by atoms with Crippen LogP contribution < -0.4 is 5.32 Å². The van der Waals surface area contributed by atoms with Crippen molar-refractivity contribution < 1.29 is 9.53 Å². The lowest BCUT2D eigenvalue weighted by molar-refractivity contribution is -0.125. The highest BCUT2D eigenvalue weighted by Crippen LogP contribution is 2.32. The molecular formula is C13H24BrNO2. The Hall–Kier alpha value is -0.0900. The van der Waals surface area contributed by atoms with Gasteiger partial charge in [0.25, 0.3) is 0 Å². The van der Waals surface area contributed by atoms with Crippen molar-refractivity contribution in [1.29, 1.82) is 0 Å². The Bertz CT molecular complexity index is 229. The van der Waals surface area contributed by atoms with E-state index in [0.717, 1.165) is 37.6 Å². The molecule has 0 aromatic carbocycles. The van der Waals surface area contributed by atoms with E-state index in [0.29, 0.717) is 24.5 Å². The molecular weight excluding hydrogens is 282 g/mol. The number of ether oxygens (including phenoxy) is 1. The molecule has 0 radical (unpaired) electrons. The quantitative estimate of drug-likeness (QED) is 0.700. The van der Waals surface area contributed by atoms with E-state index in [2.05, 4.69) is 28.2 Å². The molecule has 1 amide bonds. The van der Waals surface area contributed by atoms with Crippen molar-refractivity contribution in [3.63, 3.8) is 0 Å². The molecule has 17 heavy (non-hydrogen) atoms. The summed E-state index contributed by atoms with van der Waals surface area (Å²) in [6.45, 7) is 4.92. The molecule has 0 aromatic rings. The van der Waals surface area contributed by atoms with Gasteiger partial charge in [-0.05, 0) is 38.5 Å². The summed E-state index contributed by atoms with van der Waals surface area (Å²) in [4.78, 5) is 11.8. The van der Waals surface area contributed by atoms with Crippen LogP contribution in [0.4, 0.5) is 0 Å². The lowest BCUT2D eigenvalue weighted by Crippen LogP contribution is -2.39. The Kier molecular flexibility index (Phi) is 7.12. The van der Waals surface area contributed by atoms with E-state index < -0.39 is 0 Å². The minimum absolute atomic E-state index is 0.206. The normalized spacial score (nSPS) is 25.1. The van der Waals surface area contributed by atoms with Crippen LogP contribution in [-0.2, 0) is 9.53 Å². The van der Waals surface area contributed by atoms with E-state index in [1.54, 1.807) is 0 Å². The standard InChI is InChI=1S/C13H24BrNO2/c1-3-11(5-6-14)15-13(16)9-10-7-12(8-10)17-4-2/h10-12H,3-9H2,1-2H3,(H,15,16). The molecule has 0 aromatic heterocycles. The van der Waals surface area contributed by atoms with E-state index in [1.165, 1.54) is 0 Å². The molecule has 0 bridgehead atoms. The zero-order valence-electron chi connectivity index (χ0n) is 10.9. The van der Waals surface area contributed by atoms with Crippen molar-refractivity contribution in [3.05, 3.63) is 0 Å². The number of alkyl halides is 1. The highest BCUT2D eigenvalue weighted by Gasteiger charge is 2.31. The molecule has 0 saturated heterocycles. The van der Waals surface area contributed by atoms with Gasteiger partial charge < -0.3 is 10.1 Å². The molecule has 0 heterocycles. The first-order valence-corrected chi connectivity index (χ1v) is 7.78. The van der Waals surface area contributed by atoms with Gasteiger partial charge in [0.2, 0.25) is 5.91 Å². The summed E-state index contributed by atoms with van der Waals surface area (Å²) in [6.07, 6.45) is 5.19. The lowest BCUT2D eigenvalue weighted by Gasteiger charge is -2.34. The predicted molar refractivity (Wildman–Crippen MR) is 73.4 cm³/mol. The Labute approximate surface area is 113 Å². The average molecular weight is 306 g/mol. The average Bonchev–Trinajstić information content (AvgIpc) is 2.25. The van der Waals surface area contributed by atoms with Crippen molar-refractivity contribution in [1.82, 2.24) is 5.32 Å². The monoisotopic (exact) mass is 305 g/mol. The molecule has 0 aliphatic heterocycles. The molecule has 1 aliphatic rings. The van der Waals surface area contributed by atoms with Crippen LogP contribution in [0.15, 0.2) is 0 Å². The Morgan fingerprint density at radius 3 is 2.71 bits per heavy atom. The van der Waals surface area contributed by atoms with Crippen molar-refractivity contribution in [2.75, 3.05) is 11.9 Å². The van der Waals surface area contributed by atoms with E-state index >= 15 is 0 Å². The first-order valence-electron chi connectivity index (χ1n) is 6.66. The predicted octanol–water partition coefficient (Wildman–Crippen LogP) is 2.87. The Morgan fingerprint density at radius 2 is 2.18 bits per heavy atom. The summed E-state index contributed by atoms with van der Waals surface area (Å²) in [5.74, 6) is 0.741. The van der Waals surface area contributed by atoms with Crippen molar-refractivity contribution in [3.8, 4) is 0 Å². The number of amides is 1. The van der Waals surface area contributed by atoms with Crippen LogP contribution in [0, 0.1) is 5.92 Å². The van der Waals surface area contributed by atoms with Gasteiger partial charge in [-0.15, -0.1) is 0 Å². The third-order valence-corrected chi connectivity index (χ3v) is 3.84. The SMILES string of the molecule is CCOC1CC(CC(=O)NC(CC)CCBr)C1. The van der Waals surface area contributed by atoms with Crippen LogP contribution in [-0.4, -0.2) is 30.0 Å². The van der Waals surface area contributed by atoms with Gasteiger partial charge in [0.05, 0.1) is 6.10 Å². The van der Waals surface area contributed by atoms with Gasteiger partial charge in [-0.3, -0.25) is 4.79 Å². The van der Waals surface area contributed by atoms with Crippen LogP contribution in [0.25, 0.3) is 0 Å². The fourth-order valence-electron chi connectivity index (χ4n) is 2.27. The van der Waals surface area contributed by atoms with Gasteiger partial charge in [-0.25, -0.2) is 0 Å². The number of halogens is 1. The molecule has 1 rings (SSSR count). The molecule has 1 aliphatic carbocycles. The molecule has 1 atom stereocenters. The minimum atomic E-state index is 0.206. The fourth-order valence-corrected chi connectivity index (χ4v) is 2.82. The smallest absolute Gasteiger partial charge is 0.220 e. The second-order valence-corrected chi connectivity index (χ2v) is 5.56. The number of carbonyl (C=O) groups is 1. The maximum atomic E-state index is 11.8. The fraction of sp³-hybridized carbons (Fsp3) is 0.923. The molecule has 1 saturated carbocycles. The van der Waals surface area contributed by atoms with E-state index in [9.17, 15) is 4.79 Å². The first-order chi connectivity index (χ1) is 8.19. The zero-order chi connectivity index (χ0) is 12.7. The summed E-state index contributed by atoms with van der Waals surface area (Å²) in [7, 11) is 0. The van der Waals surface area contributed by atoms with E-state index in [-0.39, 0.29) is 5.91 Å². The third kappa shape index (κ3) is 5.38. The maximum Gasteiger partial charge on any atom is 0.220 e. The summed E-state index contributed by atoms with van der Waals surface area (Å²) in [5.41, 5.74) is 0. The van der Waals surface area contributed by atoms with Gasteiger partial charge in [0, 0.05) is 24.4 Å². The lowest BCUT2D eigenvalue weighted by atomic mass is 9.80. The largest absolute Gasteiger partial charge is 0.378 e. The van der Waals surface area contributed by atoms with Gasteiger partial charge in [0.15, 0.2) is 0 Å². The molecule has 1 fully saturated rings. The topological polar surface area (TPSA) is 38.3 Å². The van der Waals surface area contributed by atoms with E-state index in [1.807, 2.05) is 6.92 Å². The van der Waals surface area contributed by atoms with E-state index in [4.69, 9.17) is 4.74 Å². The van der Waals surface area contributed by atoms with Crippen molar-refractivity contribution in [2.24, 2.45) is 5.92 Å². The Morgan fingerprint density at radius 1 is 1.47 bits per heavy atom. The summed E-state index contributed by atoms with van der Waals surface area (Å²) < 4.78 is 5.49. The molecule has 100 valence electrons.